The summed E-state index contributed by atoms with van der Waals surface area (Å²) in [5.74, 6) is 0.467. The first kappa shape index (κ1) is 23.9. The fourth-order valence-corrected chi connectivity index (χ4v) is 5.66. The van der Waals surface area contributed by atoms with Gasteiger partial charge in [0.05, 0.1) is 4.90 Å². The average Bonchev–Trinajstić information content (AvgIpc) is 3.09. The molecule has 1 N–H and O–H groups in total. The molecule has 1 aliphatic heterocycles. The van der Waals surface area contributed by atoms with E-state index in [-0.39, 0.29) is 16.8 Å². The molecule has 1 fully saturated rings. The molecule has 0 bridgehead atoms. The number of hydrogen-bond donors (Lipinski definition) is 1. The van der Waals surface area contributed by atoms with E-state index in [2.05, 4.69) is 10.3 Å². The van der Waals surface area contributed by atoms with Crippen molar-refractivity contribution in [2.75, 3.05) is 13.1 Å². The van der Waals surface area contributed by atoms with Gasteiger partial charge in [-0.05, 0) is 42.2 Å². The van der Waals surface area contributed by atoms with Crippen molar-refractivity contribution in [3.05, 3.63) is 90.0 Å². The van der Waals surface area contributed by atoms with Crippen LogP contribution in [0.5, 0.6) is 0 Å². The molecule has 0 saturated carbocycles. The first-order valence-corrected chi connectivity index (χ1v) is 13.0. The zero-order valence-corrected chi connectivity index (χ0v) is 20.1. The second-order valence-corrected chi connectivity index (χ2v) is 10.4. The minimum Gasteiger partial charge on any atom is -0.339 e. The Hall–Kier alpha value is -3.23. The summed E-state index contributed by atoms with van der Waals surface area (Å²) in [5, 5.41) is 3.02. The molecular formula is C26H30N4O3S. The molecule has 1 aromatic heterocycles. The van der Waals surface area contributed by atoms with Crippen LogP contribution in [0, 0.1) is 0 Å². The molecule has 4 rings (SSSR count). The Morgan fingerprint density at radius 2 is 1.68 bits per heavy atom. The molecule has 1 amide bonds. The monoisotopic (exact) mass is 478 g/mol. The first-order chi connectivity index (χ1) is 16.4. The van der Waals surface area contributed by atoms with E-state index in [9.17, 15) is 13.2 Å². The second-order valence-electron chi connectivity index (χ2n) is 8.47. The smallest absolute Gasteiger partial charge is 0.244 e. The summed E-state index contributed by atoms with van der Waals surface area (Å²) in [6.07, 6.45) is 10.6. The van der Waals surface area contributed by atoms with Crippen LogP contribution in [0.15, 0.2) is 78.0 Å². The van der Waals surface area contributed by atoms with Crippen molar-refractivity contribution in [1.29, 1.82) is 0 Å². The number of nitrogens with zero attached hydrogens (tertiary/aromatic N) is 3. The topological polar surface area (TPSA) is 84.3 Å². The lowest BCUT2D eigenvalue weighted by Crippen LogP contribution is -2.31. The fourth-order valence-electron chi connectivity index (χ4n) is 4.14. The minimum absolute atomic E-state index is 0.266. The number of benzene rings is 2. The Balaban J connectivity index is 1.45. The van der Waals surface area contributed by atoms with Crippen molar-refractivity contribution in [3.8, 4) is 0 Å². The summed E-state index contributed by atoms with van der Waals surface area (Å²) in [7, 11) is -1.60. The maximum atomic E-state index is 12.9. The van der Waals surface area contributed by atoms with Gasteiger partial charge in [-0.1, -0.05) is 55.3 Å². The number of sulfonamides is 1. The molecule has 7 nitrogen and oxygen atoms in total. The third-order valence-electron chi connectivity index (χ3n) is 6.05. The summed E-state index contributed by atoms with van der Waals surface area (Å²) >= 11 is 0. The normalized spacial score (nSPS) is 16.3. The van der Waals surface area contributed by atoms with E-state index in [0.29, 0.717) is 13.1 Å². The largest absolute Gasteiger partial charge is 0.339 e. The van der Waals surface area contributed by atoms with Crippen molar-refractivity contribution in [3.63, 3.8) is 0 Å². The van der Waals surface area contributed by atoms with Crippen LogP contribution in [0.3, 0.4) is 0 Å². The molecule has 1 atom stereocenters. The number of hydrogen-bond acceptors (Lipinski definition) is 4. The highest BCUT2D eigenvalue weighted by Crippen LogP contribution is 2.22. The van der Waals surface area contributed by atoms with Crippen LogP contribution >= 0.6 is 0 Å². The minimum atomic E-state index is -3.49. The second kappa shape index (κ2) is 10.8. The maximum Gasteiger partial charge on any atom is 0.244 e. The van der Waals surface area contributed by atoms with Crippen LogP contribution in [0.2, 0.25) is 0 Å². The van der Waals surface area contributed by atoms with Gasteiger partial charge in [0.1, 0.15) is 11.9 Å². The molecule has 0 spiro atoms. The number of nitrogens with one attached hydrogen (secondary N) is 1. The third-order valence-corrected chi connectivity index (χ3v) is 7.96. The van der Waals surface area contributed by atoms with Crippen molar-refractivity contribution < 1.29 is 13.2 Å². The number of aryl methyl sites for hydroxylation is 1. The van der Waals surface area contributed by atoms with Crippen LogP contribution in [0.25, 0.3) is 6.08 Å². The molecule has 34 heavy (non-hydrogen) atoms. The standard InChI is InChI=1S/C26H30N4O3S/c1-29-20-17-27-26(29)25(22-9-5-4-6-10-22)28-24(31)16-13-21-11-14-23(15-12-21)34(32,33)30-18-7-2-3-8-19-30/h4-6,9-17,20,25H,2-3,7-8,18-19H2,1H3,(H,28,31)/b16-13+. The van der Waals surface area contributed by atoms with Crippen molar-refractivity contribution in [1.82, 2.24) is 19.2 Å². The molecule has 1 saturated heterocycles. The van der Waals surface area contributed by atoms with E-state index in [4.69, 9.17) is 0 Å². The van der Waals surface area contributed by atoms with E-state index in [1.165, 1.54) is 6.08 Å². The zero-order chi connectivity index (χ0) is 24.0. The molecular weight excluding hydrogens is 448 g/mol. The number of amides is 1. The van der Waals surface area contributed by atoms with E-state index in [1.807, 2.05) is 48.1 Å². The van der Waals surface area contributed by atoms with Gasteiger partial charge in [-0.25, -0.2) is 13.4 Å². The summed E-state index contributed by atoms with van der Waals surface area (Å²) in [5.41, 5.74) is 1.68. The summed E-state index contributed by atoms with van der Waals surface area (Å²) in [6, 6.07) is 16.0. The predicted octanol–water partition coefficient (Wildman–Crippen LogP) is 3.90. The molecule has 8 heteroatoms. The zero-order valence-electron chi connectivity index (χ0n) is 19.3. The molecule has 0 aliphatic carbocycles. The van der Waals surface area contributed by atoms with Crippen molar-refractivity contribution >= 4 is 22.0 Å². The van der Waals surface area contributed by atoms with Crippen LogP contribution in [0.1, 0.15) is 48.7 Å². The lowest BCUT2D eigenvalue weighted by molar-refractivity contribution is -0.117. The third kappa shape index (κ3) is 5.63. The number of carbonyl (C=O) groups excluding carboxylic acids is 1. The van der Waals surface area contributed by atoms with Gasteiger partial charge in [0.25, 0.3) is 0 Å². The Labute approximate surface area is 201 Å². The van der Waals surface area contributed by atoms with Crippen LogP contribution in [-0.2, 0) is 21.9 Å². The van der Waals surface area contributed by atoms with Crippen LogP contribution < -0.4 is 5.32 Å². The van der Waals surface area contributed by atoms with Gasteiger partial charge in [-0.2, -0.15) is 4.31 Å². The quantitative estimate of drug-likeness (QED) is 0.522. The molecule has 2 heterocycles. The molecule has 178 valence electrons. The van der Waals surface area contributed by atoms with E-state index < -0.39 is 10.0 Å². The average molecular weight is 479 g/mol. The molecule has 1 unspecified atom stereocenters. The van der Waals surface area contributed by atoms with Crippen LogP contribution in [-0.4, -0.2) is 41.3 Å². The SMILES string of the molecule is Cn1ccnc1C(NC(=O)/C=C/c1ccc(S(=O)(=O)N2CCCCCC2)cc1)c1ccccc1. The highest BCUT2D eigenvalue weighted by Gasteiger charge is 2.25. The van der Waals surface area contributed by atoms with Gasteiger partial charge in [-0.15, -0.1) is 0 Å². The molecule has 1 aliphatic rings. The van der Waals surface area contributed by atoms with Gasteiger partial charge >= 0.3 is 0 Å². The lowest BCUT2D eigenvalue weighted by atomic mass is 10.1. The maximum absolute atomic E-state index is 12.9. The number of carbonyl (C=O) groups is 1. The van der Waals surface area contributed by atoms with Crippen LogP contribution in [0.4, 0.5) is 0 Å². The number of imidazole rings is 1. The van der Waals surface area contributed by atoms with E-state index >= 15 is 0 Å². The lowest BCUT2D eigenvalue weighted by Gasteiger charge is -2.20. The van der Waals surface area contributed by atoms with Gasteiger partial charge < -0.3 is 9.88 Å². The molecule has 3 aromatic rings. The number of rotatable bonds is 7. The Morgan fingerprint density at radius 1 is 1.00 bits per heavy atom. The number of aromatic nitrogens is 2. The first-order valence-electron chi connectivity index (χ1n) is 11.6. The molecule has 2 aromatic carbocycles. The summed E-state index contributed by atoms with van der Waals surface area (Å²) in [6.45, 7) is 1.14. The Morgan fingerprint density at radius 3 is 2.29 bits per heavy atom. The predicted molar refractivity (Wildman–Crippen MR) is 132 cm³/mol. The van der Waals surface area contributed by atoms with E-state index in [1.54, 1.807) is 40.8 Å². The van der Waals surface area contributed by atoms with Gasteiger partial charge in [0, 0.05) is 38.6 Å². The molecule has 0 radical (unpaired) electrons. The van der Waals surface area contributed by atoms with E-state index in [0.717, 1.165) is 42.6 Å². The summed E-state index contributed by atoms with van der Waals surface area (Å²) in [4.78, 5) is 17.4. The highest BCUT2D eigenvalue weighted by molar-refractivity contribution is 7.89. The fraction of sp³-hybridized carbons (Fsp3) is 0.308. The van der Waals surface area contributed by atoms with Crippen molar-refractivity contribution in [2.24, 2.45) is 7.05 Å². The Bertz CT molecular complexity index is 1230. The summed E-state index contributed by atoms with van der Waals surface area (Å²) < 4.78 is 29.4. The van der Waals surface area contributed by atoms with Crippen molar-refractivity contribution in [2.45, 2.75) is 36.6 Å². The Kier molecular flexibility index (Phi) is 7.59. The van der Waals surface area contributed by atoms with Gasteiger partial charge in [-0.3, -0.25) is 4.79 Å². The van der Waals surface area contributed by atoms with Gasteiger partial charge in [0.15, 0.2) is 0 Å². The highest BCUT2D eigenvalue weighted by atomic mass is 32.2. The van der Waals surface area contributed by atoms with Gasteiger partial charge in [0.2, 0.25) is 15.9 Å².